The van der Waals surface area contributed by atoms with Crippen LogP contribution in [0.15, 0.2) is 46.8 Å². The smallest absolute Gasteiger partial charge is 0.190 e. The van der Waals surface area contributed by atoms with E-state index in [-0.39, 0.29) is 0 Å². The highest BCUT2D eigenvalue weighted by Gasteiger charge is 2.03. The zero-order chi connectivity index (χ0) is 16.6. The fraction of sp³-hybridized carbons (Fsp3) is 0.333. The van der Waals surface area contributed by atoms with Crippen LogP contribution in [-0.4, -0.2) is 31.1 Å². The molecule has 0 aliphatic heterocycles. The third-order valence-electron chi connectivity index (χ3n) is 3.67. The Morgan fingerprint density at radius 3 is 2.75 bits per heavy atom. The van der Waals surface area contributed by atoms with Gasteiger partial charge in [0.05, 0.1) is 15.2 Å². The highest BCUT2D eigenvalue weighted by Crippen LogP contribution is 2.22. The fourth-order valence-electron chi connectivity index (χ4n) is 2.45. The minimum absolute atomic E-state index is 0.871. The maximum absolute atomic E-state index is 4.67. The number of aromatic nitrogens is 1. The summed E-state index contributed by atoms with van der Waals surface area (Å²) >= 11 is 3.59. The molecule has 3 rings (SSSR count). The van der Waals surface area contributed by atoms with Crippen LogP contribution in [0.2, 0.25) is 0 Å². The molecule has 24 heavy (non-hydrogen) atoms. The van der Waals surface area contributed by atoms with Crippen LogP contribution in [0.25, 0.3) is 10.2 Å². The number of guanidine groups is 1. The zero-order valence-electron chi connectivity index (χ0n) is 13.8. The molecule has 0 radical (unpaired) electrons. The molecule has 0 unspecified atom stereocenters. The third kappa shape index (κ3) is 4.79. The Kier molecular flexibility index (Phi) is 6.20. The van der Waals surface area contributed by atoms with Crippen molar-refractivity contribution < 1.29 is 0 Å². The predicted molar refractivity (Wildman–Crippen MR) is 105 cm³/mol. The van der Waals surface area contributed by atoms with Gasteiger partial charge in [-0.2, -0.15) is 0 Å². The maximum atomic E-state index is 4.67. The number of aliphatic imine (C=N–C) groups is 1. The van der Waals surface area contributed by atoms with Gasteiger partial charge in [0, 0.05) is 31.4 Å². The highest BCUT2D eigenvalue weighted by molar-refractivity contribution is 7.18. The van der Waals surface area contributed by atoms with E-state index in [4.69, 9.17) is 0 Å². The van der Waals surface area contributed by atoms with Crippen molar-refractivity contribution >= 4 is 38.8 Å². The van der Waals surface area contributed by atoms with Gasteiger partial charge in [-0.15, -0.1) is 22.7 Å². The molecule has 0 atom stereocenters. The molecular formula is C18H22N4S2. The first kappa shape index (κ1) is 16.9. The van der Waals surface area contributed by atoms with Crippen LogP contribution in [0, 0.1) is 0 Å². The number of nitrogens with zero attached hydrogens (tertiary/aromatic N) is 2. The topological polar surface area (TPSA) is 49.3 Å². The summed E-state index contributed by atoms with van der Waals surface area (Å²) < 4.78 is 1.27. The van der Waals surface area contributed by atoms with Gasteiger partial charge in [0.2, 0.25) is 0 Å². The molecule has 4 nitrogen and oxygen atoms in total. The van der Waals surface area contributed by atoms with Crippen LogP contribution in [0.1, 0.15) is 16.3 Å². The molecule has 2 aromatic heterocycles. The van der Waals surface area contributed by atoms with E-state index in [2.05, 4.69) is 56.3 Å². The van der Waals surface area contributed by atoms with E-state index in [1.54, 1.807) is 22.7 Å². The number of hydrogen-bond donors (Lipinski definition) is 2. The van der Waals surface area contributed by atoms with Gasteiger partial charge in [0.15, 0.2) is 5.96 Å². The first-order valence-corrected chi connectivity index (χ1v) is 9.86. The van der Waals surface area contributed by atoms with Gasteiger partial charge in [-0.05, 0) is 36.4 Å². The number of benzene rings is 1. The molecule has 0 bridgehead atoms. The van der Waals surface area contributed by atoms with Crippen LogP contribution in [0.5, 0.6) is 0 Å². The van der Waals surface area contributed by atoms with Gasteiger partial charge in [-0.1, -0.05) is 18.2 Å². The normalized spacial score (nSPS) is 11.8. The van der Waals surface area contributed by atoms with Crippen LogP contribution in [-0.2, 0) is 12.8 Å². The lowest BCUT2D eigenvalue weighted by molar-refractivity contribution is 0.739. The molecule has 3 aromatic rings. The Bertz CT molecular complexity index is 744. The number of hydrogen-bond acceptors (Lipinski definition) is 4. The molecule has 0 fully saturated rings. The minimum Gasteiger partial charge on any atom is -0.356 e. The van der Waals surface area contributed by atoms with Crippen LogP contribution >= 0.6 is 22.7 Å². The first-order chi connectivity index (χ1) is 11.8. The standard InChI is InChI=1S/C18H22N4S2/c1-19-18(21-12-10-14-6-5-13-23-14)20-11-4-9-17-22-15-7-2-3-8-16(15)24-17/h2-3,5-8,13H,4,9-12H2,1H3,(H2,19,20,21). The number of rotatable bonds is 7. The van der Waals surface area contributed by atoms with E-state index in [9.17, 15) is 0 Å². The highest BCUT2D eigenvalue weighted by atomic mass is 32.1. The fourth-order valence-corrected chi connectivity index (χ4v) is 4.17. The summed E-state index contributed by atoms with van der Waals surface area (Å²) in [6.45, 7) is 1.80. The van der Waals surface area contributed by atoms with E-state index in [0.29, 0.717) is 0 Å². The van der Waals surface area contributed by atoms with Gasteiger partial charge in [-0.3, -0.25) is 4.99 Å². The summed E-state index contributed by atoms with van der Waals surface area (Å²) in [4.78, 5) is 10.3. The van der Waals surface area contributed by atoms with E-state index in [1.807, 2.05) is 13.1 Å². The predicted octanol–water partition coefficient (Wildman–Crippen LogP) is 3.70. The molecule has 0 saturated carbocycles. The molecule has 2 heterocycles. The Balaban J connectivity index is 1.36. The van der Waals surface area contributed by atoms with Gasteiger partial charge < -0.3 is 10.6 Å². The largest absolute Gasteiger partial charge is 0.356 e. The van der Waals surface area contributed by atoms with Gasteiger partial charge >= 0.3 is 0 Å². The molecule has 0 aliphatic carbocycles. The Morgan fingerprint density at radius 1 is 1.08 bits per heavy atom. The summed E-state index contributed by atoms with van der Waals surface area (Å²) in [5.41, 5.74) is 1.11. The van der Waals surface area contributed by atoms with Crippen LogP contribution in [0.4, 0.5) is 0 Å². The monoisotopic (exact) mass is 358 g/mol. The molecule has 2 N–H and O–H groups in total. The van der Waals surface area contributed by atoms with E-state index in [0.717, 1.165) is 43.8 Å². The number of aryl methyl sites for hydroxylation is 1. The molecule has 6 heteroatoms. The lowest BCUT2D eigenvalue weighted by atomic mass is 10.3. The number of nitrogens with one attached hydrogen (secondary N) is 2. The number of para-hydroxylation sites is 1. The van der Waals surface area contributed by atoms with Crippen molar-refractivity contribution in [1.82, 2.24) is 15.6 Å². The van der Waals surface area contributed by atoms with Crippen molar-refractivity contribution in [2.45, 2.75) is 19.3 Å². The van der Waals surface area contributed by atoms with Crippen LogP contribution in [0.3, 0.4) is 0 Å². The average Bonchev–Trinajstić information content (AvgIpc) is 3.25. The number of thiazole rings is 1. The van der Waals surface area contributed by atoms with E-state index >= 15 is 0 Å². The van der Waals surface area contributed by atoms with E-state index in [1.165, 1.54) is 14.6 Å². The third-order valence-corrected chi connectivity index (χ3v) is 5.70. The molecule has 0 spiro atoms. The zero-order valence-corrected chi connectivity index (χ0v) is 15.4. The van der Waals surface area contributed by atoms with Crippen molar-refractivity contribution in [3.05, 3.63) is 51.7 Å². The Labute approximate surface area is 150 Å². The summed E-state index contributed by atoms with van der Waals surface area (Å²) in [7, 11) is 1.81. The lowest BCUT2D eigenvalue weighted by Crippen LogP contribution is -2.38. The van der Waals surface area contributed by atoms with Gasteiger partial charge in [0.25, 0.3) is 0 Å². The minimum atomic E-state index is 0.871. The summed E-state index contributed by atoms with van der Waals surface area (Å²) in [5.74, 6) is 0.871. The van der Waals surface area contributed by atoms with Crippen molar-refractivity contribution in [3.63, 3.8) is 0 Å². The second kappa shape index (κ2) is 8.80. The average molecular weight is 359 g/mol. The van der Waals surface area contributed by atoms with Crippen molar-refractivity contribution in [1.29, 1.82) is 0 Å². The molecule has 126 valence electrons. The maximum Gasteiger partial charge on any atom is 0.190 e. The lowest BCUT2D eigenvalue weighted by Gasteiger charge is -2.11. The quantitative estimate of drug-likeness (QED) is 0.385. The van der Waals surface area contributed by atoms with E-state index < -0.39 is 0 Å². The molecule has 0 amide bonds. The molecular weight excluding hydrogens is 336 g/mol. The Hall–Kier alpha value is -1.92. The number of thiophene rings is 1. The van der Waals surface area contributed by atoms with Gasteiger partial charge in [-0.25, -0.2) is 4.98 Å². The number of fused-ring (bicyclic) bond motifs is 1. The summed E-state index contributed by atoms with van der Waals surface area (Å²) in [5, 5.41) is 10.1. The molecule has 0 aliphatic rings. The second-order valence-electron chi connectivity index (χ2n) is 5.43. The van der Waals surface area contributed by atoms with Crippen molar-refractivity contribution in [2.24, 2.45) is 4.99 Å². The molecule has 0 saturated heterocycles. The first-order valence-electron chi connectivity index (χ1n) is 8.16. The van der Waals surface area contributed by atoms with Crippen molar-refractivity contribution in [3.8, 4) is 0 Å². The summed E-state index contributed by atoms with van der Waals surface area (Å²) in [6, 6.07) is 12.6. The van der Waals surface area contributed by atoms with Gasteiger partial charge in [0.1, 0.15) is 0 Å². The Morgan fingerprint density at radius 2 is 1.96 bits per heavy atom. The summed E-state index contributed by atoms with van der Waals surface area (Å²) in [6.07, 6.45) is 3.08. The SMILES string of the molecule is CN=C(NCCCc1nc2ccccc2s1)NCCc1cccs1. The van der Waals surface area contributed by atoms with Crippen molar-refractivity contribution in [2.75, 3.05) is 20.1 Å². The van der Waals surface area contributed by atoms with Crippen LogP contribution < -0.4 is 10.6 Å². The molecule has 1 aromatic carbocycles. The second-order valence-corrected chi connectivity index (χ2v) is 7.58.